The van der Waals surface area contributed by atoms with Crippen molar-refractivity contribution in [1.29, 1.82) is 0 Å². The second kappa shape index (κ2) is 9.91. The third-order valence-corrected chi connectivity index (χ3v) is 6.18. The molecule has 2 rings (SSSR count). The molecule has 0 bridgehead atoms. The minimum Gasteiger partial charge on any atom is -0.480 e. The molecule has 6 nitrogen and oxygen atoms in total. The summed E-state index contributed by atoms with van der Waals surface area (Å²) in [6, 6.07) is 14.3. The number of sulfonamides is 1. The van der Waals surface area contributed by atoms with Crippen LogP contribution in [0.4, 0.5) is 5.69 Å². The van der Waals surface area contributed by atoms with Gasteiger partial charge in [0, 0.05) is 26.3 Å². The van der Waals surface area contributed by atoms with Gasteiger partial charge >= 0.3 is 5.97 Å². The molecule has 8 heteroatoms. The molecule has 28 heavy (non-hydrogen) atoms. The van der Waals surface area contributed by atoms with Crippen LogP contribution in [0.15, 0.2) is 59.5 Å². The number of carbonyl (C=O) groups is 1. The maximum atomic E-state index is 13.3. The van der Waals surface area contributed by atoms with Crippen LogP contribution in [0.5, 0.6) is 0 Å². The van der Waals surface area contributed by atoms with E-state index in [0.29, 0.717) is 0 Å². The van der Waals surface area contributed by atoms with Crippen molar-refractivity contribution >= 4 is 34.1 Å². The standard InChI is InChI=1S/C20H26N2O4S.ClH/c1-15(2)19(20(23)24)22(14-16-8-6-5-7-9-16)27(25,26)18-12-10-17(11-13-18)21(3)4;/h5-13,15,19H,14H2,1-4H3,(H,23,24);1H/t19-;/m1./s1. The Labute approximate surface area is 173 Å². The molecule has 0 aliphatic carbocycles. The predicted octanol–water partition coefficient (Wildman–Crippen LogP) is 3.47. The quantitative estimate of drug-likeness (QED) is 0.699. The zero-order valence-corrected chi connectivity index (χ0v) is 18.1. The highest BCUT2D eigenvalue weighted by atomic mass is 35.5. The minimum absolute atomic E-state index is 0. The van der Waals surface area contributed by atoms with E-state index >= 15 is 0 Å². The molecule has 0 aliphatic rings. The number of aliphatic carboxylic acids is 1. The van der Waals surface area contributed by atoms with E-state index in [9.17, 15) is 18.3 Å². The number of hydrogen-bond acceptors (Lipinski definition) is 4. The van der Waals surface area contributed by atoms with E-state index in [1.54, 1.807) is 50.2 Å². The molecule has 0 heterocycles. The molecule has 0 spiro atoms. The van der Waals surface area contributed by atoms with Gasteiger partial charge in [-0.3, -0.25) is 4.79 Å². The largest absolute Gasteiger partial charge is 0.480 e. The number of carboxylic acids is 1. The van der Waals surface area contributed by atoms with Crippen LogP contribution in [-0.4, -0.2) is 43.9 Å². The van der Waals surface area contributed by atoms with Crippen LogP contribution in [0.25, 0.3) is 0 Å². The lowest BCUT2D eigenvalue weighted by atomic mass is 10.0. The lowest BCUT2D eigenvalue weighted by molar-refractivity contribution is -0.143. The Morgan fingerprint density at radius 3 is 1.96 bits per heavy atom. The first-order chi connectivity index (χ1) is 12.6. The average molecular weight is 427 g/mol. The van der Waals surface area contributed by atoms with Gasteiger partial charge < -0.3 is 10.0 Å². The minimum atomic E-state index is -4.00. The van der Waals surface area contributed by atoms with Crippen molar-refractivity contribution in [2.75, 3.05) is 19.0 Å². The van der Waals surface area contributed by atoms with Crippen LogP contribution in [0.2, 0.25) is 0 Å². The van der Waals surface area contributed by atoms with Crippen molar-refractivity contribution in [3.63, 3.8) is 0 Å². The van der Waals surface area contributed by atoms with Crippen molar-refractivity contribution < 1.29 is 18.3 Å². The predicted molar refractivity (Wildman–Crippen MR) is 113 cm³/mol. The summed E-state index contributed by atoms with van der Waals surface area (Å²) in [6.07, 6.45) is 0. The van der Waals surface area contributed by atoms with Gasteiger partial charge in [-0.2, -0.15) is 4.31 Å². The van der Waals surface area contributed by atoms with E-state index < -0.39 is 22.0 Å². The highest BCUT2D eigenvalue weighted by Gasteiger charge is 2.38. The van der Waals surface area contributed by atoms with E-state index in [2.05, 4.69) is 0 Å². The number of rotatable bonds is 8. The molecular formula is C20H27ClN2O4S. The molecule has 1 atom stereocenters. The highest BCUT2D eigenvalue weighted by Crippen LogP contribution is 2.26. The molecule has 0 aliphatic heterocycles. The first-order valence-electron chi connectivity index (χ1n) is 8.70. The van der Waals surface area contributed by atoms with Crippen LogP contribution in [0.1, 0.15) is 19.4 Å². The fraction of sp³-hybridized carbons (Fsp3) is 0.350. The fourth-order valence-electron chi connectivity index (χ4n) is 2.89. The van der Waals surface area contributed by atoms with E-state index in [1.807, 2.05) is 25.1 Å². The normalized spacial score (nSPS) is 12.5. The Bertz CT molecular complexity index is 869. The third kappa shape index (κ3) is 5.47. The van der Waals surface area contributed by atoms with E-state index in [1.165, 1.54) is 12.1 Å². The van der Waals surface area contributed by atoms with E-state index in [4.69, 9.17) is 0 Å². The second-order valence-electron chi connectivity index (χ2n) is 6.95. The van der Waals surface area contributed by atoms with Crippen molar-refractivity contribution in [3.05, 3.63) is 60.2 Å². The summed E-state index contributed by atoms with van der Waals surface area (Å²) in [5.74, 6) is -1.54. The van der Waals surface area contributed by atoms with Gasteiger partial charge in [-0.25, -0.2) is 8.42 Å². The molecule has 2 aromatic carbocycles. The van der Waals surface area contributed by atoms with Crippen molar-refractivity contribution in [2.24, 2.45) is 5.92 Å². The summed E-state index contributed by atoms with van der Waals surface area (Å²) in [5.41, 5.74) is 1.60. The highest BCUT2D eigenvalue weighted by molar-refractivity contribution is 7.89. The summed E-state index contributed by atoms with van der Waals surface area (Å²) in [7, 11) is -0.266. The smallest absolute Gasteiger partial charge is 0.322 e. The van der Waals surface area contributed by atoms with Gasteiger partial charge in [0.15, 0.2) is 0 Å². The molecular weight excluding hydrogens is 400 g/mol. The number of nitrogens with zero attached hydrogens (tertiary/aromatic N) is 2. The Morgan fingerprint density at radius 1 is 1.00 bits per heavy atom. The Balaban J connectivity index is 0.00000392. The zero-order valence-electron chi connectivity index (χ0n) is 16.4. The summed E-state index contributed by atoms with van der Waals surface area (Å²) in [5, 5.41) is 9.71. The molecule has 2 aromatic rings. The lowest BCUT2D eigenvalue weighted by Gasteiger charge is -2.30. The van der Waals surface area contributed by atoms with Crippen LogP contribution in [0.3, 0.4) is 0 Å². The average Bonchev–Trinajstić information content (AvgIpc) is 2.61. The van der Waals surface area contributed by atoms with Gasteiger partial charge in [0.05, 0.1) is 4.90 Å². The first-order valence-corrected chi connectivity index (χ1v) is 10.1. The van der Waals surface area contributed by atoms with E-state index in [-0.39, 0.29) is 29.8 Å². The van der Waals surface area contributed by atoms with Crippen LogP contribution < -0.4 is 4.90 Å². The monoisotopic (exact) mass is 426 g/mol. The number of benzene rings is 2. The Hall–Kier alpha value is -2.09. The van der Waals surface area contributed by atoms with Crippen LogP contribution in [0, 0.1) is 5.92 Å². The maximum Gasteiger partial charge on any atom is 0.322 e. The fourth-order valence-corrected chi connectivity index (χ4v) is 4.59. The van der Waals surface area contributed by atoms with Gasteiger partial charge in [0.1, 0.15) is 6.04 Å². The van der Waals surface area contributed by atoms with E-state index in [0.717, 1.165) is 15.6 Å². The van der Waals surface area contributed by atoms with Crippen LogP contribution in [-0.2, 0) is 21.4 Å². The summed E-state index contributed by atoms with van der Waals surface area (Å²) in [4.78, 5) is 13.8. The first kappa shape index (κ1) is 23.9. The molecule has 0 unspecified atom stereocenters. The Morgan fingerprint density at radius 2 is 1.54 bits per heavy atom. The van der Waals surface area contributed by atoms with Crippen molar-refractivity contribution in [3.8, 4) is 0 Å². The van der Waals surface area contributed by atoms with Gasteiger partial charge in [-0.05, 0) is 35.7 Å². The summed E-state index contributed by atoms with van der Waals surface area (Å²) < 4.78 is 27.7. The molecule has 0 radical (unpaired) electrons. The Kier molecular flexibility index (Phi) is 8.48. The molecule has 0 fully saturated rings. The van der Waals surface area contributed by atoms with Gasteiger partial charge in [-0.15, -0.1) is 12.4 Å². The molecule has 154 valence electrons. The van der Waals surface area contributed by atoms with Gasteiger partial charge in [0.25, 0.3) is 0 Å². The lowest BCUT2D eigenvalue weighted by Crippen LogP contribution is -2.47. The number of anilines is 1. The number of carboxylic acid groups (broad SMARTS) is 1. The molecule has 0 amide bonds. The SMILES string of the molecule is CC(C)[C@H](C(=O)O)N(Cc1ccccc1)S(=O)(=O)c1ccc(N(C)C)cc1.Cl. The molecule has 0 aromatic heterocycles. The summed E-state index contributed by atoms with van der Waals surface area (Å²) >= 11 is 0. The zero-order chi connectivity index (χ0) is 20.2. The number of halogens is 1. The molecule has 1 N–H and O–H groups in total. The second-order valence-corrected chi connectivity index (χ2v) is 8.84. The van der Waals surface area contributed by atoms with Crippen LogP contribution >= 0.6 is 12.4 Å². The van der Waals surface area contributed by atoms with Crippen molar-refractivity contribution in [1.82, 2.24) is 4.31 Å². The van der Waals surface area contributed by atoms with Gasteiger partial charge in [-0.1, -0.05) is 44.2 Å². The van der Waals surface area contributed by atoms with Gasteiger partial charge in [0.2, 0.25) is 10.0 Å². The summed E-state index contributed by atoms with van der Waals surface area (Å²) in [6.45, 7) is 3.41. The topological polar surface area (TPSA) is 77.9 Å². The maximum absolute atomic E-state index is 13.3. The third-order valence-electron chi connectivity index (χ3n) is 4.34. The van der Waals surface area contributed by atoms with Crippen molar-refractivity contribution in [2.45, 2.75) is 31.3 Å². The number of hydrogen-bond donors (Lipinski definition) is 1. The molecule has 0 saturated heterocycles. The molecule has 0 saturated carbocycles.